The van der Waals surface area contributed by atoms with Gasteiger partial charge in [-0.15, -0.1) is 0 Å². The van der Waals surface area contributed by atoms with Crippen LogP contribution in [0.1, 0.15) is 36.5 Å². The zero-order valence-corrected chi connectivity index (χ0v) is 20.3. The molecule has 35 heavy (non-hydrogen) atoms. The number of anilines is 2. The minimum Gasteiger partial charge on any atom is -0.272 e. The first-order chi connectivity index (χ1) is 16.8. The molecule has 5 rings (SSSR count). The van der Waals surface area contributed by atoms with Gasteiger partial charge in [0, 0.05) is 17.3 Å². The lowest BCUT2D eigenvalue weighted by Crippen LogP contribution is -2.40. The maximum Gasteiger partial charge on any atom is 0.256 e. The molecular weight excluding hydrogens is 436 g/mol. The van der Waals surface area contributed by atoms with Gasteiger partial charge in [0.15, 0.2) is 0 Å². The van der Waals surface area contributed by atoms with Gasteiger partial charge in [-0.2, -0.15) is 10.2 Å². The Labute approximate surface area is 205 Å². The van der Waals surface area contributed by atoms with Crippen molar-refractivity contribution < 1.29 is 9.59 Å². The summed E-state index contributed by atoms with van der Waals surface area (Å²) >= 11 is 0. The first-order valence-electron chi connectivity index (χ1n) is 11.8. The second-order valence-corrected chi connectivity index (χ2v) is 9.35. The van der Waals surface area contributed by atoms with Crippen molar-refractivity contribution in [3.05, 3.63) is 95.6 Å². The van der Waals surface area contributed by atoms with Crippen LogP contribution in [0.25, 0.3) is 0 Å². The minimum atomic E-state index is -0.573. The Hall–Kier alpha value is -4.06. The van der Waals surface area contributed by atoms with Crippen LogP contribution in [0.5, 0.6) is 0 Å². The molecule has 2 aliphatic rings. The Balaban J connectivity index is 1.54. The highest BCUT2D eigenvalue weighted by molar-refractivity contribution is 6.19. The summed E-state index contributed by atoms with van der Waals surface area (Å²) in [5.74, 6) is -1.83. The molecule has 6 heteroatoms. The molecule has 0 saturated heterocycles. The zero-order chi connectivity index (χ0) is 24.7. The molecule has 0 radical (unpaired) electrons. The van der Waals surface area contributed by atoms with Crippen LogP contribution in [0.3, 0.4) is 0 Å². The molecule has 3 aromatic carbocycles. The van der Waals surface area contributed by atoms with Gasteiger partial charge >= 0.3 is 0 Å². The van der Waals surface area contributed by atoms with Crippen molar-refractivity contribution in [1.82, 2.24) is 0 Å². The SMILES string of the molecule is CC1=NN(c2ccc(C)cc2)C(=O)[C@H]1C(c1ccccc1)[C@H]1C(=O)N(c2ccc(C)cc2)N=C1C. The number of carbonyl (C=O) groups excluding carboxylic acids is 2. The fourth-order valence-corrected chi connectivity index (χ4v) is 4.98. The number of carbonyl (C=O) groups is 2. The molecular formula is C29H28N4O2. The standard InChI is InChI=1S/C29H28N4O2/c1-18-10-14-23(15-11-18)32-28(34)25(20(3)30-32)27(22-8-6-5-7-9-22)26-21(4)31-33(29(26)35)24-16-12-19(2)13-17-24/h5-17,25-27H,1-4H3/t25-,26+,27?. The summed E-state index contributed by atoms with van der Waals surface area (Å²) in [7, 11) is 0. The molecule has 0 N–H and O–H groups in total. The monoisotopic (exact) mass is 464 g/mol. The normalized spacial score (nSPS) is 20.8. The van der Waals surface area contributed by atoms with Gasteiger partial charge in [-0.1, -0.05) is 65.7 Å². The molecule has 1 unspecified atom stereocenters. The zero-order valence-electron chi connectivity index (χ0n) is 20.3. The molecule has 0 bridgehead atoms. The lowest BCUT2D eigenvalue weighted by Gasteiger charge is -2.28. The summed E-state index contributed by atoms with van der Waals surface area (Å²) in [5.41, 5.74) is 5.97. The fourth-order valence-electron chi connectivity index (χ4n) is 4.98. The van der Waals surface area contributed by atoms with Crippen molar-refractivity contribution in [2.24, 2.45) is 22.0 Å². The van der Waals surface area contributed by atoms with Crippen LogP contribution in [0.4, 0.5) is 11.4 Å². The molecule has 176 valence electrons. The van der Waals surface area contributed by atoms with E-state index in [2.05, 4.69) is 10.2 Å². The van der Waals surface area contributed by atoms with Gasteiger partial charge in [0.05, 0.1) is 23.2 Å². The van der Waals surface area contributed by atoms with Crippen LogP contribution < -0.4 is 10.0 Å². The van der Waals surface area contributed by atoms with E-state index in [0.29, 0.717) is 11.4 Å². The van der Waals surface area contributed by atoms with E-state index in [1.807, 2.05) is 107 Å². The second-order valence-electron chi connectivity index (χ2n) is 9.35. The molecule has 3 atom stereocenters. The summed E-state index contributed by atoms with van der Waals surface area (Å²) in [6, 6.07) is 25.2. The highest BCUT2D eigenvalue weighted by atomic mass is 16.2. The van der Waals surface area contributed by atoms with Crippen molar-refractivity contribution >= 4 is 34.6 Å². The highest BCUT2D eigenvalue weighted by Crippen LogP contribution is 2.42. The maximum atomic E-state index is 13.8. The van der Waals surface area contributed by atoms with Crippen molar-refractivity contribution in [3.8, 4) is 0 Å². The second kappa shape index (κ2) is 8.95. The van der Waals surface area contributed by atoms with E-state index in [1.54, 1.807) is 0 Å². The number of aryl methyl sites for hydroxylation is 2. The van der Waals surface area contributed by atoms with E-state index >= 15 is 0 Å². The van der Waals surface area contributed by atoms with Crippen LogP contribution in [0.2, 0.25) is 0 Å². The van der Waals surface area contributed by atoms with Gasteiger partial charge in [0.1, 0.15) is 0 Å². The third-order valence-corrected chi connectivity index (χ3v) is 6.83. The Morgan fingerprint density at radius 3 is 1.40 bits per heavy atom. The molecule has 0 fully saturated rings. The van der Waals surface area contributed by atoms with Crippen molar-refractivity contribution in [2.45, 2.75) is 33.6 Å². The number of nitrogens with zero attached hydrogens (tertiary/aromatic N) is 4. The predicted octanol–water partition coefficient (Wildman–Crippen LogP) is 5.46. The molecule has 0 aromatic heterocycles. The van der Waals surface area contributed by atoms with Crippen LogP contribution in [0.15, 0.2) is 89.1 Å². The molecule has 2 amide bonds. The third kappa shape index (κ3) is 4.05. The first kappa shape index (κ1) is 22.7. The fraction of sp³-hybridized carbons (Fsp3) is 0.241. The molecule has 0 aliphatic carbocycles. The quantitative estimate of drug-likeness (QED) is 0.503. The van der Waals surface area contributed by atoms with Gasteiger partial charge in [-0.3, -0.25) is 9.59 Å². The lowest BCUT2D eigenvalue weighted by molar-refractivity contribution is -0.122. The summed E-state index contributed by atoms with van der Waals surface area (Å²) < 4.78 is 0. The minimum absolute atomic E-state index is 0.130. The Bertz CT molecular complexity index is 1240. The van der Waals surface area contributed by atoms with E-state index in [1.165, 1.54) is 10.0 Å². The van der Waals surface area contributed by atoms with Gasteiger partial charge in [-0.25, -0.2) is 10.0 Å². The number of hydrazone groups is 2. The Morgan fingerprint density at radius 1 is 0.600 bits per heavy atom. The van der Waals surface area contributed by atoms with Gasteiger partial charge in [0.2, 0.25) is 0 Å². The van der Waals surface area contributed by atoms with Crippen LogP contribution in [-0.4, -0.2) is 23.2 Å². The molecule has 3 aromatic rings. The third-order valence-electron chi connectivity index (χ3n) is 6.83. The molecule has 0 saturated carbocycles. The van der Waals surface area contributed by atoms with E-state index in [4.69, 9.17) is 0 Å². The number of benzene rings is 3. The van der Waals surface area contributed by atoms with E-state index in [9.17, 15) is 9.59 Å². The number of hydrogen-bond donors (Lipinski definition) is 0. The smallest absolute Gasteiger partial charge is 0.256 e. The number of rotatable bonds is 5. The maximum absolute atomic E-state index is 13.8. The van der Waals surface area contributed by atoms with E-state index in [0.717, 1.165) is 28.1 Å². The average molecular weight is 465 g/mol. The van der Waals surface area contributed by atoms with E-state index < -0.39 is 17.8 Å². The Morgan fingerprint density at radius 2 is 1.00 bits per heavy atom. The van der Waals surface area contributed by atoms with Crippen LogP contribution >= 0.6 is 0 Å². The average Bonchev–Trinajstić information content (AvgIpc) is 3.31. The summed E-state index contributed by atoms with van der Waals surface area (Å²) in [6.07, 6.45) is 0. The summed E-state index contributed by atoms with van der Waals surface area (Å²) in [5, 5.41) is 12.2. The van der Waals surface area contributed by atoms with Gasteiger partial charge in [-0.05, 0) is 57.5 Å². The van der Waals surface area contributed by atoms with Crippen molar-refractivity contribution in [2.75, 3.05) is 10.0 Å². The van der Waals surface area contributed by atoms with Crippen molar-refractivity contribution in [3.63, 3.8) is 0 Å². The van der Waals surface area contributed by atoms with Gasteiger partial charge < -0.3 is 0 Å². The number of amides is 2. The summed E-state index contributed by atoms with van der Waals surface area (Å²) in [6.45, 7) is 7.75. The molecule has 6 nitrogen and oxygen atoms in total. The van der Waals surface area contributed by atoms with Crippen molar-refractivity contribution in [1.29, 1.82) is 0 Å². The molecule has 0 spiro atoms. The Kier molecular flexibility index (Phi) is 5.81. The highest BCUT2D eigenvalue weighted by Gasteiger charge is 2.50. The molecule has 2 aliphatic heterocycles. The number of hydrogen-bond acceptors (Lipinski definition) is 4. The predicted molar refractivity (Wildman–Crippen MR) is 140 cm³/mol. The first-order valence-corrected chi connectivity index (χ1v) is 11.8. The topological polar surface area (TPSA) is 65.3 Å². The molecule has 2 heterocycles. The summed E-state index contributed by atoms with van der Waals surface area (Å²) in [4.78, 5) is 27.6. The largest absolute Gasteiger partial charge is 0.272 e. The van der Waals surface area contributed by atoms with Crippen LogP contribution in [-0.2, 0) is 9.59 Å². The van der Waals surface area contributed by atoms with E-state index in [-0.39, 0.29) is 11.8 Å². The van der Waals surface area contributed by atoms with Crippen LogP contribution in [0, 0.1) is 25.7 Å². The van der Waals surface area contributed by atoms with Gasteiger partial charge in [0.25, 0.3) is 11.8 Å². The lowest BCUT2D eigenvalue weighted by atomic mass is 9.73.